The van der Waals surface area contributed by atoms with Gasteiger partial charge in [0.05, 0.1) is 0 Å². The highest BCUT2D eigenvalue weighted by molar-refractivity contribution is 5.68. The van der Waals surface area contributed by atoms with E-state index in [9.17, 15) is 4.79 Å². The summed E-state index contributed by atoms with van der Waals surface area (Å²) in [5.74, 6) is 0.555. The molecular formula is C16H23NO3. The fourth-order valence-electron chi connectivity index (χ4n) is 2.65. The van der Waals surface area contributed by atoms with Crippen LogP contribution in [0.3, 0.4) is 0 Å². The highest BCUT2D eigenvalue weighted by atomic mass is 16.5. The average molecular weight is 277 g/mol. The highest BCUT2D eigenvalue weighted by Crippen LogP contribution is 2.24. The van der Waals surface area contributed by atoms with Crippen molar-refractivity contribution in [2.45, 2.75) is 45.2 Å². The summed E-state index contributed by atoms with van der Waals surface area (Å²) in [4.78, 5) is 10.6. The van der Waals surface area contributed by atoms with Crippen LogP contribution in [0.2, 0.25) is 0 Å². The topological polar surface area (TPSA) is 58.6 Å². The van der Waals surface area contributed by atoms with Crippen LogP contribution >= 0.6 is 0 Å². The Bertz CT molecular complexity index is 439. The number of carboxylic acid groups (broad SMARTS) is 1. The van der Waals surface area contributed by atoms with E-state index in [1.165, 1.54) is 25.7 Å². The lowest BCUT2D eigenvalue weighted by molar-refractivity contribution is -0.139. The molecule has 4 heteroatoms. The van der Waals surface area contributed by atoms with E-state index in [0.717, 1.165) is 18.0 Å². The van der Waals surface area contributed by atoms with Crippen LogP contribution < -0.4 is 10.1 Å². The van der Waals surface area contributed by atoms with Gasteiger partial charge in [0.25, 0.3) is 0 Å². The number of nitrogens with one attached hydrogen (secondary N) is 1. The van der Waals surface area contributed by atoms with Gasteiger partial charge in [-0.1, -0.05) is 25.1 Å². The van der Waals surface area contributed by atoms with Crippen molar-refractivity contribution >= 4 is 5.97 Å². The number of hydrogen-bond donors (Lipinski definition) is 2. The Morgan fingerprint density at radius 3 is 2.70 bits per heavy atom. The largest absolute Gasteiger partial charge is 0.482 e. The Morgan fingerprint density at radius 2 is 2.00 bits per heavy atom. The van der Waals surface area contributed by atoms with Crippen molar-refractivity contribution in [3.8, 4) is 5.75 Å². The van der Waals surface area contributed by atoms with Crippen molar-refractivity contribution in [3.05, 3.63) is 29.8 Å². The molecular weight excluding hydrogens is 254 g/mol. The van der Waals surface area contributed by atoms with E-state index in [-0.39, 0.29) is 6.61 Å². The maximum absolute atomic E-state index is 10.6. The first-order valence-electron chi connectivity index (χ1n) is 7.31. The summed E-state index contributed by atoms with van der Waals surface area (Å²) in [7, 11) is 0. The number of aliphatic carboxylic acids is 1. The number of hydrogen-bond acceptors (Lipinski definition) is 3. The number of carbonyl (C=O) groups is 1. The summed E-state index contributed by atoms with van der Waals surface area (Å²) in [6.07, 6.45) is 5.02. The van der Waals surface area contributed by atoms with E-state index in [1.54, 1.807) is 0 Å². The summed E-state index contributed by atoms with van der Waals surface area (Å²) in [6, 6.07) is 8.19. The molecule has 0 radical (unpaired) electrons. The quantitative estimate of drug-likeness (QED) is 0.839. The molecule has 1 aliphatic rings. The van der Waals surface area contributed by atoms with Gasteiger partial charge in [-0.25, -0.2) is 4.79 Å². The minimum absolute atomic E-state index is 0.294. The fourth-order valence-corrected chi connectivity index (χ4v) is 2.65. The molecule has 2 N–H and O–H groups in total. The van der Waals surface area contributed by atoms with Gasteiger partial charge in [0.15, 0.2) is 6.61 Å². The van der Waals surface area contributed by atoms with Crippen LogP contribution in [0.1, 0.15) is 38.2 Å². The standard InChI is InChI=1S/C16H23NO3/c1-12-6-8-14(9-7-12)17-10-13-4-2-3-5-15(13)20-11-16(18)19/h2-5,12,14,17H,6-11H2,1H3,(H,18,19). The minimum atomic E-state index is -0.950. The average Bonchev–Trinajstić information content (AvgIpc) is 2.45. The fraction of sp³-hybridized carbons (Fsp3) is 0.562. The maximum atomic E-state index is 10.6. The molecule has 20 heavy (non-hydrogen) atoms. The van der Waals surface area contributed by atoms with Crippen molar-refractivity contribution in [3.63, 3.8) is 0 Å². The molecule has 110 valence electrons. The van der Waals surface area contributed by atoms with E-state index >= 15 is 0 Å². The van der Waals surface area contributed by atoms with E-state index in [0.29, 0.717) is 11.8 Å². The molecule has 0 bridgehead atoms. The molecule has 1 aromatic carbocycles. The molecule has 0 heterocycles. The zero-order chi connectivity index (χ0) is 14.4. The van der Waals surface area contributed by atoms with Gasteiger partial charge < -0.3 is 15.2 Å². The van der Waals surface area contributed by atoms with Crippen LogP contribution in [-0.2, 0) is 11.3 Å². The van der Waals surface area contributed by atoms with Crippen molar-refractivity contribution < 1.29 is 14.6 Å². The molecule has 0 aliphatic heterocycles. The Hall–Kier alpha value is -1.55. The van der Waals surface area contributed by atoms with Gasteiger partial charge in [-0.15, -0.1) is 0 Å². The smallest absolute Gasteiger partial charge is 0.341 e. The first kappa shape index (κ1) is 14.9. The van der Waals surface area contributed by atoms with Crippen LogP contribution in [0, 0.1) is 5.92 Å². The van der Waals surface area contributed by atoms with E-state index in [2.05, 4.69) is 12.2 Å². The third-order valence-corrected chi connectivity index (χ3v) is 3.92. The first-order chi connectivity index (χ1) is 9.65. The predicted octanol–water partition coefficient (Wildman–Crippen LogP) is 2.82. The van der Waals surface area contributed by atoms with Crippen LogP contribution in [0.25, 0.3) is 0 Å². The Balaban J connectivity index is 1.87. The normalized spacial score (nSPS) is 22.4. The first-order valence-corrected chi connectivity index (χ1v) is 7.31. The van der Waals surface area contributed by atoms with E-state index < -0.39 is 5.97 Å². The zero-order valence-corrected chi connectivity index (χ0v) is 12.0. The van der Waals surface area contributed by atoms with E-state index in [4.69, 9.17) is 9.84 Å². The molecule has 1 saturated carbocycles. The number of rotatable bonds is 6. The Morgan fingerprint density at radius 1 is 1.30 bits per heavy atom. The molecule has 0 saturated heterocycles. The lowest BCUT2D eigenvalue weighted by atomic mass is 9.87. The molecule has 0 unspecified atom stereocenters. The van der Waals surface area contributed by atoms with E-state index in [1.807, 2.05) is 24.3 Å². The predicted molar refractivity (Wildman–Crippen MR) is 77.8 cm³/mol. The summed E-state index contributed by atoms with van der Waals surface area (Å²) in [6.45, 7) is 2.75. The Kier molecular flexibility index (Phi) is 5.41. The zero-order valence-electron chi connectivity index (χ0n) is 12.0. The Labute approximate surface area is 120 Å². The molecule has 2 rings (SSSR count). The lowest BCUT2D eigenvalue weighted by Gasteiger charge is -2.27. The number of ether oxygens (including phenoxy) is 1. The van der Waals surface area contributed by atoms with Crippen LogP contribution in [0.15, 0.2) is 24.3 Å². The summed E-state index contributed by atoms with van der Waals surface area (Å²) in [5, 5.41) is 12.2. The van der Waals surface area contributed by atoms with Gasteiger partial charge in [-0.05, 0) is 37.7 Å². The maximum Gasteiger partial charge on any atom is 0.341 e. The molecule has 0 aromatic heterocycles. The summed E-state index contributed by atoms with van der Waals surface area (Å²) < 4.78 is 5.32. The van der Waals surface area contributed by atoms with Crippen molar-refractivity contribution in [1.82, 2.24) is 5.32 Å². The summed E-state index contributed by atoms with van der Waals surface area (Å²) in [5.41, 5.74) is 1.02. The molecule has 1 fully saturated rings. The van der Waals surface area contributed by atoms with Gasteiger partial charge in [-0.2, -0.15) is 0 Å². The third kappa shape index (κ3) is 4.53. The SMILES string of the molecule is CC1CCC(NCc2ccccc2OCC(=O)O)CC1. The lowest BCUT2D eigenvalue weighted by Crippen LogP contribution is -2.32. The number of para-hydroxylation sites is 1. The van der Waals surface area contributed by atoms with Gasteiger partial charge in [0.2, 0.25) is 0 Å². The monoisotopic (exact) mass is 277 g/mol. The second kappa shape index (κ2) is 7.29. The molecule has 4 nitrogen and oxygen atoms in total. The van der Waals surface area contributed by atoms with Crippen molar-refractivity contribution in [1.29, 1.82) is 0 Å². The third-order valence-electron chi connectivity index (χ3n) is 3.92. The van der Waals surface area contributed by atoms with Gasteiger partial charge in [-0.3, -0.25) is 0 Å². The second-order valence-electron chi connectivity index (χ2n) is 5.63. The second-order valence-corrected chi connectivity index (χ2v) is 5.63. The molecule has 0 spiro atoms. The van der Waals surface area contributed by atoms with Crippen molar-refractivity contribution in [2.24, 2.45) is 5.92 Å². The molecule has 0 atom stereocenters. The van der Waals surface area contributed by atoms with Crippen LogP contribution in [0.4, 0.5) is 0 Å². The van der Waals surface area contributed by atoms with Crippen molar-refractivity contribution in [2.75, 3.05) is 6.61 Å². The number of benzene rings is 1. The van der Waals surface area contributed by atoms with Gasteiger partial charge in [0.1, 0.15) is 5.75 Å². The molecule has 0 amide bonds. The number of carboxylic acids is 1. The minimum Gasteiger partial charge on any atom is -0.482 e. The molecule has 1 aromatic rings. The van der Waals surface area contributed by atoms with Gasteiger partial charge >= 0.3 is 5.97 Å². The summed E-state index contributed by atoms with van der Waals surface area (Å²) >= 11 is 0. The van der Waals surface area contributed by atoms with Gasteiger partial charge in [0, 0.05) is 18.2 Å². The van der Waals surface area contributed by atoms with Crippen LogP contribution in [0.5, 0.6) is 5.75 Å². The molecule has 1 aliphatic carbocycles. The highest BCUT2D eigenvalue weighted by Gasteiger charge is 2.17. The van der Waals surface area contributed by atoms with Crippen LogP contribution in [-0.4, -0.2) is 23.7 Å².